The molecule has 0 unspecified atom stereocenters. The number of benzene rings is 2. The van der Waals surface area contributed by atoms with E-state index in [1.165, 1.54) is 12.1 Å². The summed E-state index contributed by atoms with van der Waals surface area (Å²) in [5.74, 6) is 0.374. The van der Waals surface area contributed by atoms with E-state index in [-0.39, 0.29) is 31.0 Å². The normalized spacial score (nSPS) is 18.3. The molecule has 7 nitrogen and oxygen atoms in total. The van der Waals surface area contributed by atoms with Gasteiger partial charge < -0.3 is 24.2 Å². The molecule has 0 aromatic heterocycles. The summed E-state index contributed by atoms with van der Waals surface area (Å²) >= 11 is 0. The first-order valence-corrected chi connectivity index (χ1v) is 12.2. The van der Waals surface area contributed by atoms with Gasteiger partial charge in [-0.1, -0.05) is 12.1 Å². The summed E-state index contributed by atoms with van der Waals surface area (Å²) in [6.45, 7) is 2.93. The zero-order chi connectivity index (χ0) is 24.8. The van der Waals surface area contributed by atoms with Gasteiger partial charge in [-0.2, -0.15) is 0 Å². The van der Waals surface area contributed by atoms with Crippen LogP contribution in [-0.2, 0) is 21.7 Å². The molecule has 8 heteroatoms. The highest BCUT2D eigenvalue weighted by Gasteiger charge is 2.35. The van der Waals surface area contributed by atoms with Crippen LogP contribution in [0.2, 0.25) is 0 Å². The molecule has 0 radical (unpaired) electrons. The van der Waals surface area contributed by atoms with Gasteiger partial charge in [-0.15, -0.1) is 0 Å². The zero-order valence-electron chi connectivity index (χ0n) is 20.5. The molecule has 2 aliphatic rings. The van der Waals surface area contributed by atoms with Crippen LogP contribution in [0, 0.1) is 11.7 Å². The minimum Gasteiger partial charge on any atom is -0.489 e. The molecule has 2 aromatic rings. The fourth-order valence-electron chi connectivity index (χ4n) is 4.83. The highest BCUT2D eigenvalue weighted by molar-refractivity contribution is 5.91. The molecular weight excluding hydrogens is 451 g/mol. The number of nitrogens with zero attached hydrogens (tertiary/aromatic N) is 2. The summed E-state index contributed by atoms with van der Waals surface area (Å²) < 4.78 is 31.6. The van der Waals surface area contributed by atoms with Gasteiger partial charge in [0.05, 0.1) is 5.60 Å². The molecule has 0 bridgehead atoms. The Morgan fingerprint density at radius 3 is 2.49 bits per heavy atom. The quantitative estimate of drug-likeness (QED) is 0.631. The van der Waals surface area contributed by atoms with Crippen molar-refractivity contribution in [2.75, 3.05) is 52.0 Å². The van der Waals surface area contributed by atoms with E-state index in [4.69, 9.17) is 14.2 Å². The molecule has 35 heavy (non-hydrogen) atoms. The van der Waals surface area contributed by atoms with Crippen molar-refractivity contribution in [2.45, 2.75) is 37.9 Å². The lowest BCUT2D eigenvalue weighted by molar-refractivity contribution is -0.0950. The summed E-state index contributed by atoms with van der Waals surface area (Å²) in [6, 6.07) is 12.3. The van der Waals surface area contributed by atoms with E-state index in [9.17, 15) is 14.3 Å². The van der Waals surface area contributed by atoms with Gasteiger partial charge in [0.1, 0.15) is 18.2 Å². The molecule has 0 atom stereocenters. The summed E-state index contributed by atoms with van der Waals surface area (Å²) in [4.78, 5) is 16.3. The largest absolute Gasteiger partial charge is 0.489 e. The number of hydrogen-bond acceptors (Lipinski definition) is 5. The first-order valence-electron chi connectivity index (χ1n) is 12.2. The Bertz CT molecular complexity index is 986. The highest BCUT2D eigenvalue weighted by Crippen LogP contribution is 2.37. The van der Waals surface area contributed by atoms with Gasteiger partial charge in [-0.25, -0.2) is 9.18 Å². The number of rotatable bonds is 7. The first-order chi connectivity index (χ1) is 16.9. The number of carbonyl (C=O) groups is 1. The second-order valence-corrected chi connectivity index (χ2v) is 9.40. The number of halogens is 1. The minimum atomic E-state index is -0.565. The Morgan fingerprint density at radius 2 is 1.86 bits per heavy atom. The standard InChI is InChI=1S/C27H35FN2O5/c1-29(26(32)30-11-7-20(18-31)8-12-30)24-5-3-21(4-6-24)19-35-25-16-22(15-23(28)17-25)27(33-2)9-13-34-14-10-27/h3-6,15-17,20,31H,7-14,18-19H2,1-2H3. The van der Waals surface area contributed by atoms with E-state index in [0.717, 1.165) is 29.7 Å². The van der Waals surface area contributed by atoms with Gasteiger partial charge in [-0.3, -0.25) is 4.90 Å². The molecule has 2 heterocycles. The summed E-state index contributed by atoms with van der Waals surface area (Å²) in [7, 11) is 3.42. The minimum absolute atomic E-state index is 0.0436. The maximum Gasteiger partial charge on any atom is 0.324 e. The Labute approximate surface area is 206 Å². The SMILES string of the molecule is COC1(c2cc(F)cc(OCc3ccc(N(C)C(=O)N4CCC(CO)CC4)cc3)c2)CCOCC1. The van der Waals surface area contributed by atoms with E-state index in [0.29, 0.717) is 44.9 Å². The van der Waals surface area contributed by atoms with Crippen molar-refractivity contribution in [3.8, 4) is 5.75 Å². The van der Waals surface area contributed by atoms with E-state index in [1.54, 1.807) is 19.1 Å². The molecule has 2 fully saturated rings. The van der Waals surface area contributed by atoms with Crippen LogP contribution in [-0.4, -0.2) is 63.1 Å². The average molecular weight is 487 g/mol. The molecule has 1 N–H and O–H groups in total. The number of aliphatic hydroxyl groups excluding tert-OH is 1. The van der Waals surface area contributed by atoms with Gasteiger partial charge in [0, 0.05) is 71.7 Å². The second kappa shape index (κ2) is 11.4. The fourth-order valence-corrected chi connectivity index (χ4v) is 4.83. The smallest absolute Gasteiger partial charge is 0.324 e. The van der Waals surface area contributed by atoms with Crippen LogP contribution in [0.1, 0.15) is 36.8 Å². The maximum atomic E-state index is 14.4. The van der Waals surface area contributed by atoms with Gasteiger partial charge in [-0.05, 0) is 54.2 Å². The Hall–Kier alpha value is -2.68. The second-order valence-electron chi connectivity index (χ2n) is 9.40. The number of hydrogen-bond donors (Lipinski definition) is 1. The summed E-state index contributed by atoms with van der Waals surface area (Å²) in [5, 5.41) is 9.30. The van der Waals surface area contributed by atoms with Crippen LogP contribution in [0.5, 0.6) is 5.75 Å². The number of likely N-dealkylation sites (tertiary alicyclic amines) is 1. The van der Waals surface area contributed by atoms with Gasteiger partial charge in [0.25, 0.3) is 0 Å². The molecule has 0 aliphatic carbocycles. The van der Waals surface area contributed by atoms with Crippen LogP contribution in [0.3, 0.4) is 0 Å². The van der Waals surface area contributed by atoms with Crippen molar-refractivity contribution in [3.05, 3.63) is 59.4 Å². The third-order valence-electron chi connectivity index (χ3n) is 7.25. The number of piperidine rings is 1. The molecule has 2 aliphatic heterocycles. The number of amides is 2. The van der Waals surface area contributed by atoms with Crippen LogP contribution >= 0.6 is 0 Å². The first kappa shape index (κ1) is 25.4. The Morgan fingerprint density at radius 1 is 1.17 bits per heavy atom. The molecule has 0 saturated carbocycles. The number of anilines is 1. The number of aliphatic hydroxyl groups is 1. The van der Waals surface area contributed by atoms with Crippen molar-refractivity contribution in [1.29, 1.82) is 0 Å². The van der Waals surface area contributed by atoms with E-state index in [2.05, 4.69) is 0 Å². The van der Waals surface area contributed by atoms with Crippen LogP contribution < -0.4 is 9.64 Å². The molecule has 2 aromatic carbocycles. The van der Waals surface area contributed by atoms with E-state index in [1.807, 2.05) is 35.2 Å². The predicted octanol–water partition coefficient (Wildman–Crippen LogP) is 4.32. The highest BCUT2D eigenvalue weighted by atomic mass is 19.1. The lowest BCUT2D eigenvalue weighted by Gasteiger charge is -2.36. The molecule has 4 rings (SSSR count). The van der Waals surface area contributed by atoms with Crippen LogP contribution in [0.4, 0.5) is 14.9 Å². The van der Waals surface area contributed by atoms with Crippen molar-refractivity contribution in [3.63, 3.8) is 0 Å². The summed E-state index contributed by atoms with van der Waals surface area (Å²) in [5.41, 5.74) is 1.90. The predicted molar refractivity (Wildman–Crippen MR) is 131 cm³/mol. The monoisotopic (exact) mass is 486 g/mol. The van der Waals surface area contributed by atoms with Gasteiger partial charge >= 0.3 is 6.03 Å². The van der Waals surface area contributed by atoms with Gasteiger partial charge in [0.2, 0.25) is 0 Å². The van der Waals surface area contributed by atoms with E-state index >= 15 is 0 Å². The third kappa shape index (κ3) is 5.94. The van der Waals surface area contributed by atoms with Crippen molar-refractivity contribution in [1.82, 2.24) is 4.90 Å². The number of urea groups is 1. The molecule has 0 spiro atoms. The summed E-state index contributed by atoms with van der Waals surface area (Å²) in [6.07, 6.45) is 2.99. The molecule has 190 valence electrons. The van der Waals surface area contributed by atoms with Crippen LogP contribution in [0.15, 0.2) is 42.5 Å². The van der Waals surface area contributed by atoms with Crippen molar-refractivity contribution >= 4 is 11.7 Å². The van der Waals surface area contributed by atoms with Crippen LogP contribution in [0.25, 0.3) is 0 Å². The molecule has 2 amide bonds. The molecule has 2 saturated heterocycles. The molecular formula is C27H35FN2O5. The van der Waals surface area contributed by atoms with Crippen molar-refractivity contribution < 1.29 is 28.5 Å². The van der Waals surface area contributed by atoms with Gasteiger partial charge in [0.15, 0.2) is 0 Å². The maximum absolute atomic E-state index is 14.4. The Balaban J connectivity index is 1.37. The topological polar surface area (TPSA) is 71.5 Å². The van der Waals surface area contributed by atoms with Crippen molar-refractivity contribution in [2.24, 2.45) is 5.92 Å². The van der Waals surface area contributed by atoms with E-state index < -0.39 is 5.60 Å². The Kier molecular flexibility index (Phi) is 8.26. The third-order valence-corrected chi connectivity index (χ3v) is 7.25. The number of ether oxygens (including phenoxy) is 3. The average Bonchev–Trinajstić information content (AvgIpc) is 2.91. The number of carbonyl (C=O) groups excluding carboxylic acids is 1. The zero-order valence-corrected chi connectivity index (χ0v) is 20.5. The lowest BCUT2D eigenvalue weighted by atomic mass is 9.86. The lowest BCUT2D eigenvalue weighted by Crippen LogP contribution is -2.45. The number of methoxy groups -OCH3 is 1. The fraction of sp³-hybridized carbons (Fsp3) is 0.519.